The Morgan fingerprint density at radius 2 is 2.15 bits per heavy atom. The lowest BCUT2D eigenvalue weighted by Crippen LogP contribution is -2.35. The number of anilines is 1. The summed E-state index contributed by atoms with van der Waals surface area (Å²) in [6, 6.07) is 0. The number of aromatic amines is 1. The molecule has 110 valence electrons. The summed E-state index contributed by atoms with van der Waals surface area (Å²) in [5.74, 6) is 0.406. The van der Waals surface area contributed by atoms with Crippen LogP contribution in [0.2, 0.25) is 0 Å². The van der Waals surface area contributed by atoms with Gasteiger partial charge in [-0.2, -0.15) is 5.10 Å². The molecule has 3 N–H and O–H groups in total. The summed E-state index contributed by atoms with van der Waals surface area (Å²) in [5.41, 5.74) is 7.93. The number of nitrogens with two attached hydrogens (primary N) is 1. The fourth-order valence-corrected chi connectivity index (χ4v) is 2.79. The first kappa shape index (κ1) is 13.4. The molecule has 6 heteroatoms. The van der Waals surface area contributed by atoms with E-state index in [0.717, 1.165) is 44.7 Å². The number of hydrogen-bond acceptors (Lipinski definition) is 4. The van der Waals surface area contributed by atoms with Crippen LogP contribution in [0.4, 0.5) is 5.69 Å². The van der Waals surface area contributed by atoms with Gasteiger partial charge in [-0.25, -0.2) is 0 Å². The van der Waals surface area contributed by atoms with Crippen LogP contribution in [0, 0.1) is 0 Å². The molecule has 2 fully saturated rings. The molecule has 1 aliphatic heterocycles. The molecule has 2 aliphatic rings. The van der Waals surface area contributed by atoms with Gasteiger partial charge in [0.2, 0.25) is 0 Å². The Labute approximate surface area is 119 Å². The molecule has 0 bridgehead atoms. The van der Waals surface area contributed by atoms with Crippen LogP contribution >= 0.6 is 0 Å². The number of hydrogen-bond donors (Lipinski definition) is 2. The van der Waals surface area contributed by atoms with Crippen molar-refractivity contribution in [3.8, 4) is 0 Å². The van der Waals surface area contributed by atoms with Gasteiger partial charge in [-0.3, -0.25) is 9.89 Å². The molecule has 0 atom stereocenters. The van der Waals surface area contributed by atoms with Crippen LogP contribution in [0.3, 0.4) is 0 Å². The summed E-state index contributed by atoms with van der Waals surface area (Å²) >= 11 is 0. The number of nitrogens with zero attached hydrogens (tertiary/aromatic N) is 3. The number of carbonyl (C=O) groups is 1. The van der Waals surface area contributed by atoms with E-state index in [-0.39, 0.29) is 5.91 Å². The number of H-pyrrole nitrogens is 1. The molecular formula is C14H23N5O. The summed E-state index contributed by atoms with van der Waals surface area (Å²) in [6.07, 6.45) is 4.83. The fourth-order valence-electron chi connectivity index (χ4n) is 2.79. The zero-order valence-electron chi connectivity index (χ0n) is 12.1. The van der Waals surface area contributed by atoms with Crippen LogP contribution in [0.15, 0.2) is 0 Å². The molecule has 6 nitrogen and oxygen atoms in total. The molecule has 1 aliphatic carbocycles. The zero-order valence-corrected chi connectivity index (χ0v) is 12.1. The van der Waals surface area contributed by atoms with Crippen LogP contribution in [0.25, 0.3) is 0 Å². The fraction of sp³-hybridized carbons (Fsp3) is 0.714. The van der Waals surface area contributed by atoms with E-state index in [4.69, 9.17) is 5.73 Å². The molecule has 0 aromatic carbocycles. The molecular weight excluding hydrogens is 254 g/mol. The maximum Gasteiger partial charge on any atom is 0.276 e. The van der Waals surface area contributed by atoms with E-state index >= 15 is 0 Å². The van der Waals surface area contributed by atoms with Crippen LogP contribution in [-0.2, 0) is 0 Å². The SMILES string of the molecule is CN(CCN1CCCC1)C(=O)c1n[nH]c(C2CC2)c1N. The first-order valence-corrected chi connectivity index (χ1v) is 7.48. The first-order valence-electron chi connectivity index (χ1n) is 7.48. The minimum absolute atomic E-state index is 0.0788. The normalized spacial score (nSPS) is 19.4. The van der Waals surface area contributed by atoms with Gasteiger partial charge in [0.05, 0.1) is 11.4 Å². The Balaban J connectivity index is 1.59. The monoisotopic (exact) mass is 277 g/mol. The van der Waals surface area contributed by atoms with Crippen LogP contribution in [0.5, 0.6) is 0 Å². The second kappa shape index (κ2) is 5.44. The highest BCUT2D eigenvalue weighted by Crippen LogP contribution is 2.42. The second-order valence-corrected chi connectivity index (χ2v) is 5.95. The van der Waals surface area contributed by atoms with Gasteiger partial charge in [0.1, 0.15) is 0 Å². The summed E-state index contributed by atoms with van der Waals surface area (Å²) in [4.78, 5) is 16.5. The van der Waals surface area contributed by atoms with Gasteiger partial charge in [0.15, 0.2) is 5.69 Å². The molecule has 0 radical (unpaired) electrons. The molecule has 0 unspecified atom stereocenters. The van der Waals surface area contributed by atoms with Gasteiger partial charge < -0.3 is 15.5 Å². The van der Waals surface area contributed by atoms with Crippen molar-refractivity contribution < 1.29 is 4.79 Å². The Morgan fingerprint density at radius 3 is 2.80 bits per heavy atom. The highest BCUT2D eigenvalue weighted by Gasteiger charge is 2.31. The van der Waals surface area contributed by atoms with E-state index in [1.807, 2.05) is 7.05 Å². The van der Waals surface area contributed by atoms with Crippen molar-refractivity contribution in [3.05, 3.63) is 11.4 Å². The molecule has 2 heterocycles. The van der Waals surface area contributed by atoms with Crippen LogP contribution in [0.1, 0.15) is 47.8 Å². The number of aromatic nitrogens is 2. The molecule has 0 spiro atoms. The lowest BCUT2D eigenvalue weighted by Gasteiger charge is -2.21. The van der Waals surface area contributed by atoms with E-state index in [0.29, 0.717) is 17.3 Å². The van der Waals surface area contributed by atoms with E-state index < -0.39 is 0 Å². The summed E-state index contributed by atoms with van der Waals surface area (Å²) < 4.78 is 0. The summed E-state index contributed by atoms with van der Waals surface area (Å²) in [7, 11) is 1.82. The van der Waals surface area contributed by atoms with Gasteiger partial charge in [0.25, 0.3) is 5.91 Å². The van der Waals surface area contributed by atoms with Crippen molar-refractivity contribution in [2.75, 3.05) is 39.0 Å². The maximum absolute atomic E-state index is 12.4. The highest BCUT2D eigenvalue weighted by atomic mass is 16.2. The largest absolute Gasteiger partial charge is 0.395 e. The molecule has 1 saturated carbocycles. The molecule has 1 saturated heterocycles. The van der Waals surface area contributed by atoms with Gasteiger partial charge in [0, 0.05) is 26.1 Å². The number of amides is 1. The maximum atomic E-state index is 12.4. The predicted molar refractivity (Wildman–Crippen MR) is 77.6 cm³/mol. The highest BCUT2D eigenvalue weighted by molar-refractivity contribution is 5.97. The Hall–Kier alpha value is -1.56. The molecule has 20 heavy (non-hydrogen) atoms. The van der Waals surface area contributed by atoms with E-state index in [1.165, 1.54) is 12.8 Å². The first-order chi connectivity index (χ1) is 9.66. The third-order valence-corrected chi connectivity index (χ3v) is 4.32. The minimum atomic E-state index is -0.0788. The molecule has 3 rings (SSSR count). The topological polar surface area (TPSA) is 78.2 Å². The third-order valence-electron chi connectivity index (χ3n) is 4.32. The van der Waals surface area contributed by atoms with Crippen molar-refractivity contribution in [1.82, 2.24) is 20.0 Å². The quantitative estimate of drug-likeness (QED) is 0.843. The van der Waals surface area contributed by atoms with E-state index in [2.05, 4.69) is 15.1 Å². The average Bonchev–Trinajstić information content (AvgIpc) is 3.00. The minimum Gasteiger partial charge on any atom is -0.395 e. The Morgan fingerprint density at radius 1 is 1.45 bits per heavy atom. The summed E-state index contributed by atoms with van der Waals surface area (Å²) in [5, 5.41) is 7.06. The Kier molecular flexibility index (Phi) is 3.65. The molecule has 1 amide bonds. The van der Waals surface area contributed by atoms with Crippen molar-refractivity contribution in [2.45, 2.75) is 31.6 Å². The number of nitrogen functional groups attached to an aromatic ring is 1. The number of carbonyl (C=O) groups excluding carboxylic acids is 1. The standard InChI is InChI=1S/C14H23N5O/c1-18(8-9-19-6-2-3-7-19)14(20)13-11(15)12(16-17-13)10-4-5-10/h10H,2-9,15H2,1H3,(H,16,17). The van der Waals surface area contributed by atoms with Crippen molar-refractivity contribution >= 4 is 11.6 Å². The van der Waals surface area contributed by atoms with Gasteiger partial charge >= 0.3 is 0 Å². The van der Waals surface area contributed by atoms with Crippen molar-refractivity contribution in [1.29, 1.82) is 0 Å². The smallest absolute Gasteiger partial charge is 0.276 e. The number of likely N-dealkylation sites (tertiary alicyclic amines) is 1. The van der Waals surface area contributed by atoms with Gasteiger partial charge in [-0.1, -0.05) is 0 Å². The zero-order chi connectivity index (χ0) is 14.1. The van der Waals surface area contributed by atoms with Gasteiger partial charge in [-0.15, -0.1) is 0 Å². The van der Waals surface area contributed by atoms with E-state index in [9.17, 15) is 4.79 Å². The van der Waals surface area contributed by atoms with Crippen LogP contribution < -0.4 is 5.73 Å². The number of nitrogens with one attached hydrogen (secondary N) is 1. The Bertz CT molecular complexity index is 488. The molecule has 1 aromatic rings. The molecule has 1 aromatic heterocycles. The predicted octanol–water partition coefficient (Wildman–Crippen LogP) is 1.04. The van der Waals surface area contributed by atoms with Crippen molar-refractivity contribution in [3.63, 3.8) is 0 Å². The lowest BCUT2D eigenvalue weighted by molar-refractivity contribution is 0.0777. The van der Waals surface area contributed by atoms with E-state index in [1.54, 1.807) is 4.90 Å². The lowest BCUT2D eigenvalue weighted by atomic mass is 10.2. The summed E-state index contributed by atoms with van der Waals surface area (Å²) in [6.45, 7) is 3.96. The number of likely N-dealkylation sites (N-methyl/N-ethyl adjacent to an activating group) is 1. The second-order valence-electron chi connectivity index (χ2n) is 5.95. The van der Waals surface area contributed by atoms with Gasteiger partial charge in [-0.05, 0) is 38.8 Å². The third kappa shape index (κ3) is 2.65. The number of rotatable bonds is 5. The van der Waals surface area contributed by atoms with Crippen LogP contribution in [-0.4, -0.2) is 59.1 Å². The van der Waals surface area contributed by atoms with Crippen molar-refractivity contribution in [2.24, 2.45) is 0 Å². The average molecular weight is 277 g/mol.